The van der Waals surface area contributed by atoms with Crippen LogP contribution in [-0.2, 0) is 13.0 Å². The first-order chi connectivity index (χ1) is 14.5. The molecule has 0 aliphatic heterocycles. The average Bonchev–Trinajstić information content (AvgIpc) is 2.74. The third-order valence-corrected chi connectivity index (χ3v) is 5.65. The number of halogens is 1. The predicted molar refractivity (Wildman–Crippen MR) is 119 cm³/mol. The molecular formula is C26H27FN2O. The molecule has 0 spiro atoms. The molecule has 4 rings (SSSR count). The fraction of sp³-hybridized carbons (Fsp3) is 0.269. The molecule has 154 valence electrons. The maximum absolute atomic E-state index is 13.1. The average molecular weight is 403 g/mol. The zero-order chi connectivity index (χ0) is 21.1. The highest BCUT2D eigenvalue weighted by Gasteiger charge is 2.22. The van der Waals surface area contributed by atoms with Crippen LogP contribution in [0, 0.1) is 5.82 Å². The second kappa shape index (κ2) is 8.80. The van der Waals surface area contributed by atoms with E-state index in [1.54, 1.807) is 12.1 Å². The molecule has 0 saturated carbocycles. The highest BCUT2D eigenvalue weighted by atomic mass is 19.1. The lowest BCUT2D eigenvalue weighted by molar-refractivity contribution is 0.0933. The second-order valence-corrected chi connectivity index (χ2v) is 8.27. The highest BCUT2D eigenvalue weighted by Crippen LogP contribution is 2.31. The van der Waals surface area contributed by atoms with Crippen molar-refractivity contribution in [3.8, 4) is 11.1 Å². The lowest BCUT2D eigenvalue weighted by Gasteiger charge is -2.27. The molecule has 4 heteroatoms. The molecule has 1 aliphatic carbocycles. The zero-order valence-corrected chi connectivity index (χ0v) is 17.5. The number of benzene rings is 3. The molecule has 1 aliphatic rings. The maximum atomic E-state index is 13.1. The third-order valence-electron chi connectivity index (χ3n) is 5.65. The third kappa shape index (κ3) is 4.60. The van der Waals surface area contributed by atoms with Gasteiger partial charge in [0.1, 0.15) is 5.82 Å². The Labute approximate surface area is 177 Å². The van der Waals surface area contributed by atoms with Crippen LogP contribution < -0.4 is 5.32 Å². The van der Waals surface area contributed by atoms with Crippen molar-refractivity contribution in [3.05, 3.63) is 94.8 Å². The van der Waals surface area contributed by atoms with E-state index in [4.69, 9.17) is 0 Å². The molecule has 0 heterocycles. The molecule has 30 heavy (non-hydrogen) atoms. The van der Waals surface area contributed by atoms with Crippen LogP contribution in [-0.4, -0.2) is 24.9 Å². The molecule has 1 amide bonds. The molecule has 1 unspecified atom stereocenters. The smallest absolute Gasteiger partial charge is 0.251 e. The van der Waals surface area contributed by atoms with Crippen molar-refractivity contribution < 1.29 is 9.18 Å². The number of hydrogen-bond acceptors (Lipinski definition) is 2. The van der Waals surface area contributed by atoms with E-state index in [-0.39, 0.29) is 17.8 Å². The van der Waals surface area contributed by atoms with Crippen LogP contribution in [0.5, 0.6) is 0 Å². The summed E-state index contributed by atoms with van der Waals surface area (Å²) in [5.41, 5.74) is 6.41. The van der Waals surface area contributed by atoms with E-state index in [0.717, 1.165) is 36.9 Å². The number of fused-ring (bicyclic) bond motifs is 1. The molecular weight excluding hydrogens is 375 g/mol. The second-order valence-electron chi connectivity index (χ2n) is 8.27. The van der Waals surface area contributed by atoms with E-state index in [1.165, 1.54) is 28.8 Å². The van der Waals surface area contributed by atoms with Gasteiger partial charge >= 0.3 is 0 Å². The van der Waals surface area contributed by atoms with Crippen LogP contribution >= 0.6 is 0 Å². The van der Waals surface area contributed by atoms with Crippen molar-refractivity contribution >= 4 is 5.91 Å². The summed E-state index contributed by atoms with van der Waals surface area (Å²) in [5, 5.41) is 3.22. The number of hydrogen-bond donors (Lipinski definition) is 1. The Morgan fingerprint density at radius 2 is 1.67 bits per heavy atom. The monoisotopic (exact) mass is 402 g/mol. The standard InChI is InChI=1S/C26H27FN2O/c1-29(2)17-18-6-15-24-22(16-18)4-3-5-25(24)28-26(30)21-9-7-19(8-10-21)20-11-13-23(27)14-12-20/h6-16,25H,3-5,17H2,1-2H3,(H,28,30). The molecule has 1 atom stereocenters. The largest absolute Gasteiger partial charge is 0.345 e. The summed E-state index contributed by atoms with van der Waals surface area (Å²) < 4.78 is 13.1. The van der Waals surface area contributed by atoms with Crippen molar-refractivity contribution in [1.29, 1.82) is 0 Å². The topological polar surface area (TPSA) is 32.3 Å². The van der Waals surface area contributed by atoms with Gasteiger partial charge in [0.05, 0.1) is 6.04 Å². The lowest BCUT2D eigenvalue weighted by Crippen LogP contribution is -2.31. The molecule has 3 aromatic rings. The number of rotatable bonds is 5. The van der Waals surface area contributed by atoms with Gasteiger partial charge in [-0.3, -0.25) is 4.79 Å². The SMILES string of the molecule is CN(C)Cc1ccc2c(c1)CCCC2NC(=O)c1ccc(-c2ccc(F)cc2)cc1. The van der Waals surface area contributed by atoms with E-state index >= 15 is 0 Å². The summed E-state index contributed by atoms with van der Waals surface area (Å²) in [7, 11) is 4.15. The van der Waals surface area contributed by atoms with Gasteiger partial charge in [-0.05, 0) is 85.4 Å². The van der Waals surface area contributed by atoms with Crippen molar-refractivity contribution in [3.63, 3.8) is 0 Å². The Morgan fingerprint density at radius 1 is 1.00 bits per heavy atom. The normalized spacial score (nSPS) is 15.7. The van der Waals surface area contributed by atoms with Crippen LogP contribution in [0.3, 0.4) is 0 Å². The maximum Gasteiger partial charge on any atom is 0.251 e. The molecule has 0 bridgehead atoms. The van der Waals surface area contributed by atoms with Crippen molar-refractivity contribution in [1.82, 2.24) is 10.2 Å². The van der Waals surface area contributed by atoms with Gasteiger partial charge < -0.3 is 10.2 Å². The van der Waals surface area contributed by atoms with Gasteiger partial charge in [-0.1, -0.05) is 42.5 Å². The first kappa shape index (κ1) is 20.3. The first-order valence-electron chi connectivity index (χ1n) is 10.4. The van der Waals surface area contributed by atoms with Gasteiger partial charge in [0.2, 0.25) is 0 Å². The van der Waals surface area contributed by atoms with Crippen LogP contribution in [0.4, 0.5) is 4.39 Å². The minimum Gasteiger partial charge on any atom is -0.345 e. The van der Waals surface area contributed by atoms with Crippen molar-refractivity contribution in [2.45, 2.75) is 31.8 Å². The molecule has 0 saturated heterocycles. The van der Waals surface area contributed by atoms with Gasteiger partial charge in [-0.2, -0.15) is 0 Å². The zero-order valence-electron chi connectivity index (χ0n) is 17.5. The van der Waals surface area contributed by atoms with E-state index in [2.05, 4.69) is 42.5 Å². The first-order valence-corrected chi connectivity index (χ1v) is 10.4. The van der Waals surface area contributed by atoms with Crippen LogP contribution in [0.25, 0.3) is 11.1 Å². The summed E-state index contributed by atoms with van der Waals surface area (Å²) >= 11 is 0. The molecule has 0 aromatic heterocycles. The van der Waals surface area contributed by atoms with E-state index in [9.17, 15) is 9.18 Å². The van der Waals surface area contributed by atoms with E-state index in [0.29, 0.717) is 5.56 Å². The molecule has 1 N–H and O–H groups in total. The Kier molecular flexibility index (Phi) is 5.96. The van der Waals surface area contributed by atoms with Crippen molar-refractivity contribution in [2.75, 3.05) is 14.1 Å². The van der Waals surface area contributed by atoms with Crippen LogP contribution in [0.2, 0.25) is 0 Å². The summed E-state index contributed by atoms with van der Waals surface area (Å²) in [5.74, 6) is -0.313. The molecule has 3 nitrogen and oxygen atoms in total. The highest BCUT2D eigenvalue weighted by molar-refractivity contribution is 5.95. The quantitative estimate of drug-likeness (QED) is 0.623. The number of nitrogens with one attached hydrogen (secondary N) is 1. The number of nitrogens with zero attached hydrogens (tertiary/aromatic N) is 1. The summed E-state index contributed by atoms with van der Waals surface area (Å²) in [6, 6.07) is 20.5. The van der Waals surface area contributed by atoms with Gasteiger partial charge in [-0.25, -0.2) is 4.39 Å². The number of carbonyl (C=O) groups excluding carboxylic acids is 1. The number of carbonyl (C=O) groups is 1. The molecule has 3 aromatic carbocycles. The van der Waals surface area contributed by atoms with Gasteiger partial charge in [-0.15, -0.1) is 0 Å². The minimum atomic E-state index is -0.253. The van der Waals surface area contributed by atoms with Crippen LogP contribution in [0.1, 0.15) is 45.9 Å². The van der Waals surface area contributed by atoms with Crippen LogP contribution in [0.15, 0.2) is 66.7 Å². The summed E-state index contributed by atoms with van der Waals surface area (Å²) in [4.78, 5) is 15.0. The minimum absolute atomic E-state index is 0.0476. The lowest BCUT2D eigenvalue weighted by atomic mass is 9.86. The van der Waals surface area contributed by atoms with E-state index in [1.807, 2.05) is 24.3 Å². The number of amides is 1. The fourth-order valence-corrected chi connectivity index (χ4v) is 4.18. The van der Waals surface area contributed by atoms with Gasteiger partial charge in [0.25, 0.3) is 5.91 Å². The Bertz CT molecular complexity index is 1030. The molecule has 0 fully saturated rings. The van der Waals surface area contributed by atoms with Gasteiger partial charge in [0.15, 0.2) is 0 Å². The Hall–Kier alpha value is -2.98. The fourth-order valence-electron chi connectivity index (χ4n) is 4.18. The predicted octanol–water partition coefficient (Wildman–Crippen LogP) is 5.36. The van der Waals surface area contributed by atoms with Gasteiger partial charge in [0, 0.05) is 12.1 Å². The van der Waals surface area contributed by atoms with Crippen molar-refractivity contribution in [2.24, 2.45) is 0 Å². The Morgan fingerprint density at radius 3 is 2.33 bits per heavy atom. The van der Waals surface area contributed by atoms with E-state index < -0.39 is 0 Å². The summed E-state index contributed by atoms with van der Waals surface area (Å²) in [6.07, 6.45) is 3.10. The Balaban J connectivity index is 1.47. The molecule has 0 radical (unpaired) electrons. The number of aryl methyl sites for hydroxylation is 1. The summed E-state index contributed by atoms with van der Waals surface area (Å²) in [6.45, 7) is 0.921.